The molecule has 1 aliphatic rings. The summed E-state index contributed by atoms with van der Waals surface area (Å²) in [5.74, 6) is 0.437. The monoisotopic (exact) mass is 385 g/mol. The fraction of sp³-hybridized carbons (Fsp3) is 0.588. The van der Waals surface area contributed by atoms with Crippen LogP contribution in [0.15, 0.2) is 12.1 Å². The van der Waals surface area contributed by atoms with Crippen molar-refractivity contribution < 1.29 is 22.7 Å². The minimum atomic E-state index is -3.55. The Bertz CT molecular complexity index is 751. The number of nitrogens with one attached hydrogen (secondary N) is 2. The number of carbonyl (C=O) groups excluding carboxylic acids is 1. The number of methoxy groups -OCH3 is 2. The summed E-state index contributed by atoms with van der Waals surface area (Å²) in [6.45, 7) is 0.526. The molecule has 8 nitrogen and oxygen atoms in total. The van der Waals surface area contributed by atoms with E-state index in [-0.39, 0.29) is 40.6 Å². The van der Waals surface area contributed by atoms with Gasteiger partial charge < -0.3 is 20.5 Å². The smallest absolute Gasteiger partial charge is 0.251 e. The first-order valence-electron chi connectivity index (χ1n) is 8.53. The lowest BCUT2D eigenvalue weighted by Crippen LogP contribution is -2.44. The van der Waals surface area contributed by atoms with Crippen LogP contribution >= 0.6 is 0 Å². The van der Waals surface area contributed by atoms with E-state index in [9.17, 15) is 13.2 Å². The lowest BCUT2D eigenvalue weighted by atomic mass is 9.84. The molecule has 0 bridgehead atoms. The minimum Gasteiger partial charge on any atom is -0.493 e. The molecule has 0 heterocycles. The zero-order chi connectivity index (χ0) is 19.3. The van der Waals surface area contributed by atoms with Gasteiger partial charge in [-0.05, 0) is 37.4 Å². The van der Waals surface area contributed by atoms with E-state index in [1.54, 1.807) is 0 Å². The number of anilines is 1. The number of nitrogens with two attached hydrogens (primary N) is 1. The van der Waals surface area contributed by atoms with Gasteiger partial charge in [-0.15, -0.1) is 0 Å². The lowest BCUT2D eigenvalue weighted by Gasteiger charge is -2.31. The van der Waals surface area contributed by atoms with Gasteiger partial charge in [-0.3, -0.25) is 9.52 Å². The van der Waals surface area contributed by atoms with Gasteiger partial charge in [0.15, 0.2) is 11.5 Å². The Balaban J connectivity index is 2.32. The zero-order valence-electron chi connectivity index (χ0n) is 15.4. The Kier molecular flexibility index (Phi) is 6.71. The van der Waals surface area contributed by atoms with E-state index in [1.807, 2.05) is 0 Å². The maximum absolute atomic E-state index is 12.7. The Hall–Kier alpha value is -2.00. The van der Waals surface area contributed by atoms with Crippen molar-refractivity contribution in [2.24, 2.45) is 11.7 Å². The lowest BCUT2D eigenvalue weighted by molar-refractivity contribution is 0.0907. The van der Waals surface area contributed by atoms with Crippen molar-refractivity contribution in [2.45, 2.75) is 31.7 Å². The average Bonchev–Trinajstić information content (AvgIpc) is 2.60. The standard InChI is InChI=1S/C17H27N3O5S/c1-24-15-9-12(8-14(16(15)25-2)20-26(3,22)23)17(21)19-13-7-5-4-6-11(13)10-18/h8-9,11,13,20H,4-7,10,18H2,1-3H3,(H,19,21). The third-order valence-electron chi connectivity index (χ3n) is 4.56. The average molecular weight is 385 g/mol. The number of rotatable bonds is 7. The first kappa shape index (κ1) is 20.3. The molecule has 1 saturated carbocycles. The number of benzene rings is 1. The van der Waals surface area contributed by atoms with Gasteiger partial charge in [0, 0.05) is 11.6 Å². The normalized spacial score (nSPS) is 20.3. The molecule has 0 aliphatic heterocycles. The molecule has 26 heavy (non-hydrogen) atoms. The highest BCUT2D eigenvalue weighted by molar-refractivity contribution is 7.92. The summed E-state index contributed by atoms with van der Waals surface area (Å²) in [4.78, 5) is 12.7. The third-order valence-corrected chi connectivity index (χ3v) is 5.16. The van der Waals surface area contributed by atoms with Gasteiger partial charge >= 0.3 is 0 Å². The van der Waals surface area contributed by atoms with Crippen molar-refractivity contribution in [1.29, 1.82) is 0 Å². The van der Waals surface area contributed by atoms with Gasteiger partial charge in [0.1, 0.15) is 0 Å². The van der Waals surface area contributed by atoms with Crippen LogP contribution in [0, 0.1) is 5.92 Å². The molecule has 146 valence electrons. The summed E-state index contributed by atoms with van der Waals surface area (Å²) in [6.07, 6.45) is 5.07. The van der Waals surface area contributed by atoms with Crippen LogP contribution < -0.4 is 25.2 Å². The molecule has 1 aromatic carbocycles. The molecule has 9 heteroatoms. The number of carbonyl (C=O) groups is 1. The number of hydrogen-bond donors (Lipinski definition) is 3. The van der Waals surface area contributed by atoms with E-state index in [0.717, 1.165) is 31.9 Å². The van der Waals surface area contributed by atoms with Gasteiger partial charge in [-0.25, -0.2) is 8.42 Å². The van der Waals surface area contributed by atoms with Gasteiger partial charge in [0.2, 0.25) is 10.0 Å². The fourth-order valence-corrected chi connectivity index (χ4v) is 3.85. The Morgan fingerprint density at radius 2 is 1.92 bits per heavy atom. The van der Waals surface area contributed by atoms with Crippen molar-refractivity contribution in [2.75, 3.05) is 31.7 Å². The summed E-state index contributed by atoms with van der Waals surface area (Å²) in [5, 5.41) is 3.02. The molecule has 2 atom stereocenters. The maximum Gasteiger partial charge on any atom is 0.251 e. The summed E-state index contributed by atoms with van der Waals surface area (Å²) in [5.41, 5.74) is 6.26. The van der Waals surface area contributed by atoms with Crippen LogP contribution in [0.5, 0.6) is 11.5 Å². The highest BCUT2D eigenvalue weighted by atomic mass is 32.2. The van der Waals surface area contributed by atoms with E-state index in [1.165, 1.54) is 26.4 Å². The van der Waals surface area contributed by atoms with E-state index >= 15 is 0 Å². The predicted molar refractivity (Wildman–Crippen MR) is 100 cm³/mol. The Morgan fingerprint density at radius 3 is 2.50 bits per heavy atom. The first-order chi connectivity index (χ1) is 12.3. The molecule has 4 N–H and O–H groups in total. The predicted octanol–water partition coefficient (Wildman–Crippen LogP) is 1.32. The summed E-state index contributed by atoms with van der Waals surface area (Å²) < 4.78 is 36.1. The van der Waals surface area contributed by atoms with Crippen molar-refractivity contribution in [3.63, 3.8) is 0 Å². The molecule has 0 spiro atoms. The SMILES string of the molecule is COc1cc(C(=O)NC2CCCCC2CN)cc(NS(C)(=O)=O)c1OC. The zero-order valence-corrected chi connectivity index (χ0v) is 16.2. The van der Waals surface area contributed by atoms with Crippen molar-refractivity contribution >= 4 is 21.6 Å². The fourth-order valence-electron chi connectivity index (χ4n) is 3.30. The van der Waals surface area contributed by atoms with Crippen LogP contribution in [-0.4, -0.2) is 47.4 Å². The van der Waals surface area contributed by atoms with Crippen LogP contribution in [0.3, 0.4) is 0 Å². The molecule has 2 unspecified atom stereocenters. The van der Waals surface area contributed by atoms with Crippen LogP contribution in [0.25, 0.3) is 0 Å². The molecule has 1 fully saturated rings. The van der Waals surface area contributed by atoms with Crippen LogP contribution in [-0.2, 0) is 10.0 Å². The van der Waals surface area contributed by atoms with E-state index in [2.05, 4.69) is 10.0 Å². The molecule has 0 radical (unpaired) electrons. The molecular formula is C17H27N3O5S. The van der Waals surface area contributed by atoms with Crippen LogP contribution in [0.1, 0.15) is 36.0 Å². The van der Waals surface area contributed by atoms with Crippen molar-refractivity contribution in [1.82, 2.24) is 5.32 Å². The molecule has 2 rings (SSSR count). The minimum absolute atomic E-state index is 0.0145. The highest BCUT2D eigenvalue weighted by Crippen LogP contribution is 2.37. The van der Waals surface area contributed by atoms with Crippen LogP contribution in [0.4, 0.5) is 5.69 Å². The second-order valence-electron chi connectivity index (χ2n) is 6.49. The number of hydrogen-bond acceptors (Lipinski definition) is 6. The quantitative estimate of drug-likeness (QED) is 0.651. The molecule has 1 aliphatic carbocycles. The highest BCUT2D eigenvalue weighted by Gasteiger charge is 2.26. The van der Waals surface area contributed by atoms with E-state index in [4.69, 9.17) is 15.2 Å². The van der Waals surface area contributed by atoms with Gasteiger partial charge in [-0.1, -0.05) is 12.8 Å². The summed E-state index contributed by atoms with van der Waals surface area (Å²) in [6, 6.07) is 2.99. The molecule has 0 aromatic heterocycles. The van der Waals surface area contributed by atoms with Gasteiger partial charge in [0.25, 0.3) is 5.91 Å². The van der Waals surface area contributed by atoms with Crippen LogP contribution in [0.2, 0.25) is 0 Å². The van der Waals surface area contributed by atoms with Gasteiger partial charge in [-0.2, -0.15) is 0 Å². The first-order valence-corrected chi connectivity index (χ1v) is 10.4. The molecule has 1 aromatic rings. The second kappa shape index (κ2) is 8.59. The van der Waals surface area contributed by atoms with Gasteiger partial charge in [0.05, 0.1) is 26.2 Å². The number of ether oxygens (including phenoxy) is 2. The van der Waals surface area contributed by atoms with E-state index in [0.29, 0.717) is 6.54 Å². The maximum atomic E-state index is 12.7. The summed E-state index contributed by atoms with van der Waals surface area (Å²) >= 11 is 0. The third kappa shape index (κ3) is 5.01. The molecular weight excluding hydrogens is 358 g/mol. The topological polar surface area (TPSA) is 120 Å². The molecule has 1 amide bonds. The number of amides is 1. The summed E-state index contributed by atoms with van der Waals surface area (Å²) in [7, 11) is -0.723. The second-order valence-corrected chi connectivity index (χ2v) is 8.24. The van der Waals surface area contributed by atoms with Crippen molar-refractivity contribution in [3.8, 4) is 11.5 Å². The Morgan fingerprint density at radius 1 is 1.23 bits per heavy atom. The largest absolute Gasteiger partial charge is 0.493 e. The van der Waals surface area contributed by atoms with E-state index < -0.39 is 10.0 Å². The Labute approximate surface area is 154 Å². The van der Waals surface area contributed by atoms with Crippen molar-refractivity contribution in [3.05, 3.63) is 17.7 Å². The number of sulfonamides is 1. The molecule has 0 saturated heterocycles.